The molecule has 6 nitrogen and oxygen atoms in total. The lowest BCUT2D eigenvalue weighted by molar-refractivity contribution is -0.122. The standard InChI is InChI=1S/C26H21N2O4/c1-2-14-7-12-19-20(13-14)22-18-6-4-3-5-17(18)21(19)23-24(22)26(30)27(25(23)29)15-8-10-16(11-9-15)28(31)32/h3-13,21-24,31H,2H2,1H3/q-1/t21-,22-,23-,24+/m0/s1. The third-order valence-electron chi connectivity index (χ3n) is 7.34. The minimum atomic E-state index is -0.449. The molecule has 0 unspecified atom stereocenters. The Bertz CT molecular complexity index is 1270. The molecule has 4 atom stereocenters. The minimum Gasteiger partial charge on any atom is -0.733 e. The molecule has 0 saturated carbocycles. The van der Waals surface area contributed by atoms with Gasteiger partial charge in [0.15, 0.2) is 0 Å². The zero-order valence-corrected chi connectivity index (χ0v) is 17.4. The van der Waals surface area contributed by atoms with Gasteiger partial charge >= 0.3 is 0 Å². The molecule has 160 valence electrons. The molecule has 1 heterocycles. The summed E-state index contributed by atoms with van der Waals surface area (Å²) in [6.45, 7) is 2.12. The normalized spacial score (nSPS) is 24.9. The van der Waals surface area contributed by atoms with Crippen LogP contribution < -0.4 is 10.1 Å². The van der Waals surface area contributed by atoms with E-state index in [1.54, 1.807) is 0 Å². The van der Waals surface area contributed by atoms with E-state index in [4.69, 9.17) is 5.21 Å². The number of amides is 2. The van der Waals surface area contributed by atoms with Gasteiger partial charge in [0.2, 0.25) is 11.8 Å². The van der Waals surface area contributed by atoms with Crippen molar-refractivity contribution in [1.29, 1.82) is 0 Å². The summed E-state index contributed by atoms with van der Waals surface area (Å²) in [4.78, 5) is 28.7. The van der Waals surface area contributed by atoms with Gasteiger partial charge in [-0.1, -0.05) is 49.4 Å². The van der Waals surface area contributed by atoms with E-state index >= 15 is 0 Å². The first kappa shape index (κ1) is 19.2. The monoisotopic (exact) mass is 425 g/mol. The van der Waals surface area contributed by atoms with Crippen LogP contribution in [0.5, 0.6) is 0 Å². The lowest BCUT2D eigenvalue weighted by Gasteiger charge is -2.46. The fraction of sp³-hybridized carbons (Fsp3) is 0.231. The number of imide groups is 1. The Kier molecular flexibility index (Phi) is 4.06. The molecule has 3 aromatic carbocycles. The molecule has 2 amide bonds. The summed E-state index contributed by atoms with van der Waals surface area (Å²) in [5, 5.41) is 20.0. The average Bonchev–Trinajstić information content (AvgIpc) is 3.09. The average molecular weight is 425 g/mol. The van der Waals surface area contributed by atoms with Crippen LogP contribution in [0.4, 0.5) is 11.4 Å². The molecule has 0 aromatic heterocycles. The van der Waals surface area contributed by atoms with Gasteiger partial charge in [-0.3, -0.25) is 14.8 Å². The first-order chi connectivity index (χ1) is 15.5. The first-order valence-corrected chi connectivity index (χ1v) is 10.9. The van der Waals surface area contributed by atoms with Crippen molar-refractivity contribution < 1.29 is 14.8 Å². The van der Waals surface area contributed by atoms with E-state index < -0.39 is 11.8 Å². The molecule has 1 saturated heterocycles. The van der Waals surface area contributed by atoms with Gasteiger partial charge in [0.05, 0.1) is 23.2 Å². The van der Waals surface area contributed by atoms with E-state index in [9.17, 15) is 14.8 Å². The van der Waals surface area contributed by atoms with Gasteiger partial charge < -0.3 is 10.4 Å². The summed E-state index contributed by atoms with van der Waals surface area (Å²) >= 11 is 0. The van der Waals surface area contributed by atoms with Crippen molar-refractivity contribution in [2.24, 2.45) is 11.8 Å². The number of benzene rings is 3. The van der Waals surface area contributed by atoms with Crippen LogP contribution in [0, 0.1) is 17.0 Å². The number of rotatable bonds is 3. The summed E-state index contributed by atoms with van der Waals surface area (Å²) in [5.41, 5.74) is 6.26. The van der Waals surface area contributed by atoms with E-state index in [1.165, 1.54) is 34.7 Å². The number of carbonyl (C=O) groups excluding carboxylic acids is 2. The van der Waals surface area contributed by atoms with E-state index in [-0.39, 0.29) is 34.6 Å². The van der Waals surface area contributed by atoms with E-state index in [2.05, 4.69) is 37.3 Å². The molecule has 32 heavy (non-hydrogen) atoms. The topological polar surface area (TPSA) is 83.9 Å². The molecule has 0 spiro atoms. The van der Waals surface area contributed by atoms with Gasteiger partial charge in [0.1, 0.15) is 0 Å². The van der Waals surface area contributed by atoms with Crippen molar-refractivity contribution in [2.75, 3.05) is 10.1 Å². The lowest BCUT2D eigenvalue weighted by atomic mass is 9.55. The van der Waals surface area contributed by atoms with Crippen LogP contribution in [-0.2, 0) is 16.0 Å². The number of hydrogen-bond donors (Lipinski definition) is 1. The van der Waals surface area contributed by atoms with Gasteiger partial charge in [-0.2, -0.15) is 0 Å². The summed E-state index contributed by atoms with van der Waals surface area (Å²) in [7, 11) is 0. The fourth-order valence-corrected chi connectivity index (χ4v) is 5.98. The number of hydrogen-bond acceptors (Lipinski definition) is 5. The Morgan fingerprint density at radius 3 is 1.97 bits per heavy atom. The zero-order valence-electron chi connectivity index (χ0n) is 17.4. The Hall–Kier alpha value is -3.48. The fourth-order valence-electron chi connectivity index (χ4n) is 5.98. The van der Waals surface area contributed by atoms with Crippen molar-refractivity contribution in [2.45, 2.75) is 25.2 Å². The predicted octanol–water partition coefficient (Wildman–Crippen LogP) is 4.34. The quantitative estimate of drug-likeness (QED) is 0.499. The Labute approximate surface area is 185 Å². The summed E-state index contributed by atoms with van der Waals surface area (Å²) in [6, 6.07) is 20.5. The van der Waals surface area contributed by atoms with Crippen molar-refractivity contribution in [3.63, 3.8) is 0 Å². The molecule has 0 radical (unpaired) electrons. The second kappa shape index (κ2) is 6.76. The molecule has 1 fully saturated rings. The molecule has 3 aliphatic carbocycles. The van der Waals surface area contributed by atoms with Crippen LogP contribution in [0.2, 0.25) is 0 Å². The van der Waals surface area contributed by atoms with Crippen LogP contribution in [0.1, 0.15) is 46.6 Å². The molecule has 1 N–H and O–H groups in total. The zero-order chi connectivity index (χ0) is 22.1. The van der Waals surface area contributed by atoms with E-state index in [0.29, 0.717) is 5.69 Å². The first-order valence-electron chi connectivity index (χ1n) is 10.9. The highest BCUT2D eigenvalue weighted by molar-refractivity contribution is 6.23. The predicted molar refractivity (Wildman–Crippen MR) is 119 cm³/mol. The van der Waals surface area contributed by atoms with E-state index in [1.807, 2.05) is 12.1 Å². The lowest BCUT2D eigenvalue weighted by Crippen LogP contribution is -2.41. The van der Waals surface area contributed by atoms with Crippen LogP contribution in [0.3, 0.4) is 0 Å². The Morgan fingerprint density at radius 2 is 1.41 bits per heavy atom. The third kappa shape index (κ3) is 2.42. The number of carbonyl (C=O) groups is 2. The Balaban J connectivity index is 1.51. The summed E-state index contributed by atoms with van der Waals surface area (Å²) in [5.74, 6) is -1.61. The summed E-state index contributed by atoms with van der Waals surface area (Å²) in [6.07, 6.45) is 0.910. The van der Waals surface area contributed by atoms with Gasteiger partial charge in [0.25, 0.3) is 0 Å². The summed E-state index contributed by atoms with van der Waals surface area (Å²) < 4.78 is 0. The number of nitrogens with zero attached hydrogens (tertiary/aromatic N) is 2. The van der Waals surface area contributed by atoms with E-state index in [0.717, 1.165) is 28.7 Å². The SMILES string of the molecule is CCc1ccc2c(c1)[C@@H]1c3ccccc3[C@@H]2[C@@H]2C(=O)N(c3ccc(N([O-])O)cc3)C(=O)[C@H]12. The maximum Gasteiger partial charge on any atom is 0.238 e. The minimum absolute atomic E-state index is 0.0391. The Morgan fingerprint density at radius 1 is 0.844 bits per heavy atom. The highest BCUT2D eigenvalue weighted by Gasteiger charge is 2.61. The van der Waals surface area contributed by atoms with Gasteiger partial charge in [-0.25, -0.2) is 4.90 Å². The van der Waals surface area contributed by atoms with Crippen LogP contribution >= 0.6 is 0 Å². The van der Waals surface area contributed by atoms with Crippen molar-refractivity contribution in [3.8, 4) is 0 Å². The van der Waals surface area contributed by atoms with Gasteiger partial charge in [-0.15, -0.1) is 0 Å². The third-order valence-corrected chi connectivity index (χ3v) is 7.34. The highest BCUT2D eigenvalue weighted by Crippen LogP contribution is 2.61. The molecule has 1 aliphatic heterocycles. The molecule has 7 rings (SSSR count). The molecule has 2 bridgehead atoms. The maximum atomic E-state index is 13.7. The second-order valence-corrected chi connectivity index (χ2v) is 8.75. The molecular formula is C26H21N2O4-. The smallest absolute Gasteiger partial charge is 0.238 e. The maximum absolute atomic E-state index is 13.7. The number of aryl methyl sites for hydroxylation is 1. The van der Waals surface area contributed by atoms with Gasteiger partial charge in [-0.05, 0) is 58.5 Å². The van der Waals surface area contributed by atoms with Crippen molar-refractivity contribution in [1.82, 2.24) is 0 Å². The molecule has 6 heteroatoms. The molecule has 4 aliphatic rings. The largest absolute Gasteiger partial charge is 0.733 e. The number of anilines is 2. The second-order valence-electron chi connectivity index (χ2n) is 8.75. The molecular weight excluding hydrogens is 404 g/mol. The van der Waals surface area contributed by atoms with Crippen LogP contribution in [-0.4, -0.2) is 17.0 Å². The molecule has 3 aromatic rings. The van der Waals surface area contributed by atoms with Crippen LogP contribution in [0.25, 0.3) is 0 Å². The van der Waals surface area contributed by atoms with Crippen molar-refractivity contribution >= 4 is 23.2 Å². The van der Waals surface area contributed by atoms with Gasteiger partial charge in [0, 0.05) is 11.8 Å². The van der Waals surface area contributed by atoms with Crippen LogP contribution in [0.15, 0.2) is 66.7 Å². The highest BCUT2D eigenvalue weighted by atomic mass is 16.8. The van der Waals surface area contributed by atoms with Crippen molar-refractivity contribution in [3.05, 3.63) is 99.8 Å².